The largest absolute Gasteiger partial charge is 0.346 e. The van der Waals surface area contributed by atoms with Crippen molar-refractivity contribution in [3.63, 3.8) is 0 Å². The average Bonchev–Trinajstić information content (AvgIpc) is 2.85. The topological polar surface area (TPSA) is 61.4 Å². The molecule has 0 bridgehead atoms. The standard InChI is InChI=1S/C21H33N3O2/c1-15-11-16(2)21(17(3)12-15)23-19(25)13-22-20(26)14-24(4)18-9-7-5-6-8-10-18/h11-12,18H,5-10,13-14H2,1-4H3,(H,22,26)(H,23,25). The number of aryl methyl sites for hydroxylation is 3. The highest BCUT2D eigenvalue weighted by Gasteiger charge is 2.19. The number of rotatable bonds is 6. The fraction of sp³-hybridized carbons (Fsp3) is 0.619. The van der Waals surface area contributed by atoms with Crippen molar-refractivity contribution in [2.45, 2.75) is 65.3 Å². The number of carbonyl (C=O) groups excluding carboxylic acids is 2. The highest BCUT2D eigenvalue weighted by Crippen LogP contribution is 2.22. The van der Waals surface area contributed by atoms with Crippen LogP contribution < -0.4 is 10.6 Å². The molecule has 0 aromatic heterocycles. The number of hydrogen-bond acceptors (Lipinski definition) is 3. The van der Waals surface area contributed by atoms with Crippen LogP contribution in [0.15, 0.2) is 12.1 Å². The molecule has 1 aliphatic rings. The predicted molar refractivity (Wildman–Crippen MR) is 106 cm³/mol. The Balaban J connectivity index is 1.79. The Bertz CT molecular complexity index is 611. The Morgan fingerprint density at radius 3 is 2.15 bits per heavy atom. The summed E-state index contributed by atoms with van der Waals surface area (Å²) >= 11 is 0. The minimum atomic E-state index is -0.189. The van der Waals surface area contributed by atoms with Crippen LogP contribution in [-0.2, 0) is 9.59 Å². The summed E-state index contributed by atoms with van der Waals surface area (Å²) in [5, 5.41) is 5.66. The second-order valence-corrected chi connectivity index (χ2v) is 7.66. The summed E-state index contributed by atoms with van der Waals surface area (Å²) in [5.74, 6) is -0.283. The third kappa shape index (κ3) is 6.13. The Hall–Kier alpha value is -1.88. The van der Waals surface area contributed by atoms with E-state index >= 15 is 0 Å². The lowest BCUT2D eigenvalue weighted by Gasteiger charge is -2.26. The quantitative estimate of drug-likeness (QED) is 0.766. The van der Waals surface area contributed by atoms with Gasteiger partial charge in [0, 0.05) is 11.7 Å². The van der Waals surface area contributed by atoms with Gasteiger partial charge in [-0.05, 0) is 51.8 Å². The third-order valence-electron chi connectivity index (χ3n) is 5.23. The second kappa shape index (κ2) is 9.72. The molecular weight excluding hydrogens is 326 g/mol. The van der Waals surface area contributed by atoms with Crippen LogP contribution in [0, 0.1) is 20.8 Å². The first kappa shape index (κ1) is 20.4. The van der Waals surface area contributed by atoms with Crippen LogP contribution in [0.4, 0.5) is 5.69 Å². The van der Waals surface area contributed by atoms with E-state index in [9.17, 15) is 9.59 Å². The van der Waals surface area contributed by atoms with Crippen molar-refractivity contribution in [1.29, 1.82) is 0 Å². The predicted octanol–water partition coefficient (Wildman–Crippen LogP) is 3.32. The van der Waals surface area contributed by atoms with Crippen molar-refractivity contribution < 1.29 is 9.59 Å². The number of carbonyl (C=O) groups is 2. The van der Waals surface area contributed by atoms with Gasteiger partial charge >= 0.3 is 0 Å². The van der Waals surface area contributed by atoms with Crippen LogP contribution in [0.3, 0.4) is 0 Å². The van der Waals surface area contributed by atoms with Crippen molar-refractivity contribution in [3.05, 3.63) is 28.8 Å². The van der Waals surface area contributed by atoms with E-state index in [-0.39, 0.29) is 18.4 Å². The van der Waals surface area contributed by atoms with Crippen LogP contribution in [0.2, 0.25) is 0 Å². The van der Waals surface area contributed by atoms with Crippen LogP contribution in [0.25, 0.3) is 0 Å². The molecule has 1 aromatic carbocycles. The molecule has 26 heavy (non-hydrogen) atoms. The van der Waals surface area contributed by atoms with E-state index in [1.165, 1.54) is 31.2 Å². The molecule has 0 unspecified atom stereocenters. The maximum absolute atomic E-state index is 12.2. The van der Waals surface area contributed by atoms with Crippen LogP contribution >= 0.6 is 0 Å². The summed E-state index contributed by atoms with van der Waals surface area (Å²) in [5.41, 5.74) is 4.09. The fourth-order valence-corrected chi connectivity index (χ4v) is 3.85. The summed E-state index contributed by atoms with van der Waals surface area (Å²) < 4.78 is 0. The highest BCUT2D eigenvalue weighted by molar-refractivity contribution is 5.96. The minimum absolute atomic E-state index is 0.00406. The molecule has 2 N–H and O–H groups in total. The normalized spacial score (nSPS) is 15.6. The third-order valence-corrected chi connectivity index (χ3v) is 5.23. The second-order valence-electron chi connectivity index (χ2n) is 7.66. The first-order valence-corrected chi connectivity index (χ1v) is 9.71. The van der Waals surface area contributed by atoms with E-state index in [0.717, 1.165) is 29.7 Å². The van der Waals surface area contributed by atoms with Gasteiger partial charge in [-0.2, -0.15) is 0 Å². The summed E-state index contributed by atoms with van der Waals surface area (Å²) in [6, 6.07) is 4.57. The molecule has 1 saturated carbocycles. The number of nitrogens with one attached hydrogen (secondary N) is 2. The molecule has 2 rings (SSSR count). The van der Waals surface area contributed by atoms with Gasteiger partial charge in [-0.3, -0.25) is 14.5 Å². The summed E-state index contributed by atoms with van der Waals surface area (Å²) in [7, 11) is 2.01. The van der Waals surface area contributed by atoms with Gasteiger partial charge in [0.2, 0.25) is 11.8 Å². The van der Waals surface area contributed by atoms with Gasteiger partial charge in [-0.25, -0.2) is 0 Å². The van der Waals surface area contributed by atoms with E-state index in [2.05, 4.69) is 15.5 Å². The number of anilines is 1. The number of nitrogens with zero attached hydrogens (tertiary/aromatic N) is 1. The van der Waals surface area contributed by atoms with Gasteiger partial charge in [0.15, 0.2) is 0 Å². The van der Waals surface area contributed by atoms with Gasteiger partial charge in [-0.15, -0.1) is 0 Å². The molecule has 5 nitrogen and oxygen atoms in total. The lowest BCUT2D eigenvalue weighted by Crippen LogP contribution is -2.42. The molecule has 1 aromatic rings. The molecule has 5 heteroatoms. The Morgan fingerprint density at radius 2 is 1.58 bits per heavy atom. The Kier molecular flexibility index (Phi) is 7.64. The van der Waals surface area contributed by atoms with Gasteiger partial charge in [0.1, 0.15) is 0 Å². The number of hydrogen-bond donors (Lipinski definition) is 2. The van der Waals surface area contributed by atoms with E-state index in [1.807, 2.05) is 40.0 Å². The first-order valence-electron chi connectivity index (χ1n) is 9.71. The molecule has 0 aliphatic heterocycles. The smallest absolute Gasteiger partial charge is 0.243 e. The maximum Gasteiger partial charge on any atom is 0.243 e. The summed E-state index contributed by atoms with van der Waals surface area (Å²) in [6.07, 6.45) is 7.41. The molecule has 0 radical (unpaired) electrons. The molecule has 0 saturated heterocycles. The fourth-order valence-electron chi connectivity index (χ4n) is 3.85. The molecule has 0 heterocycles. The number of amides is 2. The molecule has 0 atom stereocenters. The minimum Gasteiger partial charge on any atom is -0.346 e. The van der Waals surface area contributed by atoms with E-state index < -0.39 is 0 Å². The van der Waals surface area contributed by atoms with Crippen molar-refractivity contribution in [2.75, 3.05) is 25.5 Å². The zero-order chi connectivity index (χ0) is 19.1. The lowest BCUT2D eigenvalue weighted by atomic mass is 10.1. The Labute approximate surface area is 157 Å². The van der Waals surface area contributed by atoms with Gasteiger partial charge in [0.25, 0.3) is 0 Å². The molecule has 0 spiro atoms. The SMILES string of the molecule is Cc1cc(C)c(NC(=O)CNC(=O)CN(C)C2CCCCCC2)c(C)c1. The molecule has 144 valence electrons. The van der Waals surface area contributed by atoms with Gasteiger partial charge < -0.3 is 10.6 Å². The van der Waals surface area contributed by atoms with Crippen molar-refractivity contribution in [3.8, 4) is 0 Å². The molecule has 2 amide bonds. The van der Waals surface area contributed by atoms with E-state index in [0.29, 0.717) is 12.6 Å². The molecule has 1 aliphatic carbocycles. The first-order chi connectivity index (χ1) is 12.4. The van der Waals surface area contributed by atoms with Gasteiger partial charge in [0.05, 0.1) is 13.1 Å². The summed E-state index contributed by atoms with van der Waals surface area (Å²) in [6.45, 7) is 6.35. The number of benzene rings is 1. The molecule has 1 fully saturated rings. The zero-order valence-corrected chi connectivity index (χ0v) is 16.7. The van der Waals surface area contributed by atoms with E-state index in [1.54, 1.807) is 0 Å². The zero-order valence-electron chi connectivity index (χ0n) is 16.7. The van der Waals surface area contributed by atoms with Gasteiger partial charge in [-0.1, -0.05) is 43.4 Å². The monoisotopic (exact) mass is 359 g/mol. The van der Waals surface area contributed by atoms with E-state index in [4.69, 9.17) is 0 Å². The average molecular weight is 360 g/mol. The summed E-state index contributed by atoms with van der Waals surface area (Å²) in [4.78, 5) is 26.5. The van der Waals surface area contributed by atoms with Crippen LogP contribution in [0.1, 0.15) is 55.2 Å². The van der Waals surface area contributed by atoms with Crippen molar-refractivity contribution in [1.82, 2.24) is 10.2 Å². The number of likely N-dealkylation sites (N-methyl/N-ethyl adjacent to an activating group) is 1. The lowest BCUT2D eigenvalue weighted by molar-refractivity contribution is -0.125. The van der Waals surface area contributed by atoms with Crippen LogP contribution in [-0.4, -0.2) is 42.9 Å². The highest BCUT2D eigenvalue weighted by atomic mass is 16.2. The van der Waals surface area contributed by atoms with Crippen molar-refractivity contribution in [2.24, 2.45) is 0 Å². The van der Waals surface area contributed by atoms with Crippen molar-refractivity contribution >= 4 is 17.5 Å². The Morgan fingerprint density at radius 1 is 1.00 bits per heavy atom. The van der Waals surface area contributed by atoms with Crippen LogP contribution in [0.5, 0.6) is 0 Å². The maximum atomic E-state index is 12.2. The molecular formula is C21H33N3O2.